The van der Waals surface area contributed by atoms with Gasteiger partial charge in [-0.05, 0) is 45.0 Å². The van der Waals surface area contributed by atoms with Gasteiger partial charge in [0.15, 0.2) is 5.13 Å². The number of rotatable bonds is 4. The lowest BCUT2D eigenvalue weighted by Gasteiger charge is -2.03. The number of thiazole rings is 1. The number of amides is 1. The predicted octanol–water partition coefficient (Wildman–Crippen LogP) is 3.79. The highest BCUT2D eigenvalue weighted by atomic mass is 32.1. The van der Waals surface area contributed by atoms with Crippen molar-refractivity contribution in [3.63, 3.8) is 0 Å². The van der Waals surface area contributed by atoms with Gasteiger partial charge in [-0.15, -0.1) is 11.3 Å². The summed E-state index contributed by atoms with van der Waals surface area (Å²) in [5.41, 5.74) is 4.36. The van der Waals surface area contributed by atoms with Gasteiger partial charge in [-0.3, -0.25) is 9.48 Å². The van der Waals surface area contributed by atoms with E-state index in [1.54, 1.807) is 16.8 Å². The van der Waals surface area contributed by atoms with E-state index in [1.165, 1.54) is 23.5 Å². The average molecular weight is 358 g/mol. The molecule has 1 amide bonds. The second-order valence-corrected chi connectivity index (χ2v) is 7.13. The number of carbonyl (C=O) groups excluding carboxylic acids is 1. The Hall–Kier alpha value is -2.54. The lowest BCUT2D eigenvalue weighted by atomic mass is 10.1. The topological polar surface area (TPSA) is 59.8 Å². The molecular formula is C18H19FN4OS. The summed E-state index contributed by atoms with van der Waals surface area (Å²) in [5.74, 6) is -0.411. The first-order chi connectivity index (χ1) is 11.8. The van der Waals surface area contributed by atoms with Gasteiger partial charge in [0.05, 0.1) is 17.8 Å². The molecule has 5 nitrogen and oxygen atoms in total. The summed E-state index contributed by atoms with van der Waals surface area (Å²) in [7, 11) is 1.86. The molecule has 0 aliphatic heterocycles. The van der Waals surface area contributed by atoms with Crippen LogP contribution >= 0.6 is 11.3 Å². The van der Waals surface area contributed by atoms with Crippen LogP contribution in [0.15, 0.2) is 24.3 Å². The Labute approximate surface area is 149 Å². The quantitative estimate of drug-likeness (QED) is 0.772. The van der Waals surface area contributed by atoms with Gasteiger partial charge in [0.25, 0.3) is 0 Å². The van der Waals surface area contributed by atoms with Crippen molar-refractivity contribution in [2.45, 2.75) is 27.2 Å². The molecule has 0 fully saturated rings. The first-order valence-electron chi connectivity index (χ1n) is 7.87. The van der Waals surface area contributed by atoms with Crippen LogP contribution in [0.4, 0.5) is 9.52 Å². The average Bonchev–Trinajstić information content (AvgIpc) is 3.02. The smallest absolute Gasteiger partial charge is 0.230 e. The SMILES string of the molecule is Cc1nn(C)c(C)c1CC(=O)Nc1nc(-c2ccc(F)cc2)c(C)s1. The van der Waals surface area contributed by atoms with Crippen LogP contribution < -0.4 is 5.32 Å². The second-order valence-electron chi connectivity index (χ2n) is 5.93. The molecule has 25 heavy (non-hydrogen) atoms. The lowest BCUT2D eigenvalue weighted by molar-refractivity contribution is -0.115. The summed E-state index contributed by atoms with van der Waals surface area (Å²) in [6, 6.07) is 6.18. The molecule has 2 aromatic heterocycles. The molecule has 0 radical (unpaired) electrons. The molecule has 0 unspecified atom stereocenters. The minimum absolute atomic E-state index is 0.126. The normalized spacial score (nSPS) is 10.9. The third-order valence-corrected chi connectivity index (χ3v) is 5.04. The maximum atomic E-state index is 13.1. The number of carbonyl (C=O) groups is 1. The van der Waals surface area contributed by atoms with Crippen LogP contribution in [0.3, 0.4) is 0 Å². The number of nitrogens with zero attached hydrogens (tertiary/aromatic N) is 3. The van der Waals surface area contributed by atoms with Gasteiger partial charge in [-0.1, -0.05) is 0 Å². The maximum absolute atomic E-state index is 13.1. The van der Waals surface area contributed by atoms with E-state index in [0.717, 1.165) is 33.1 Å². The Balaban J connectivity index is 1.76. The Morgan fingerprint density at radius 2 is 1.92 bits per heavy atom. The van der Waals surface area contributed by atoms with E-state index < -0.39 is 0 Å². The van der Waals surface area contributed by atoms with E-state index in [-0.39, 0.29) is 18.1 Å². The highest BCUT2D eigenvalue weighted by Crippen LogP contribution is 2.30. The fourth-order valence-corrected chi connectivity index (χ4v) is 3.57. The summed E-state index contributed by atoms with van der Waals surface area (Å²) in [5, 5.41) is 7.73. The number of aryl methyl sites for hydroxylation is 3. The summed E-state index contributed by atoms with van der Waals surface area (Å²) in [6.45, 7) is 5.78. The molecule has 0 bridgehead atoms. The predicted molar refractivity (Wildman–Crippen MR) is 97.3 cm³/mol. The Morgan fingerprint density at radius 1 is 1.24 bits per heavy atom. The van der Waals surface area contributed by atoms with Crippen LogP contribution in [0.2, 0.25) is 0 Å². The van der Waals surface area contributed by atoms with Crippen LogP contribution in [0.5, 0.6) is 0 Å². The molecule has 7 heteroatoms. The number of hydrogen-bond acceptors (Lipinski definition) is 4. The molecule has 3 aromatic rings. The van der Waals surface area contributed by atoms with Crippen molar-refractivity contribution < 1.29 is 9.18 Å². The van der Waals surface area contributed by atoms with Gasteiger partial charge in [-0.2, -0.15) is 5.10 Å². The van der Waals surface area contributed by atoms with Crippen LogP contribution in [0, 0.1) is 26.6 Å². The van der Waals surface area contributed by atoms with E-state index in [1.807, 2.05) is 27.8 Å². The highest BCUT2D eigenvalue weighted by Gasteiger charge is 2.16. The van der Waals surface area contributed by atoms with Crippen molar-refractivity contribution in [3.8, 4) is 11.3 Å². The zero-order chi connectivity index (χ0) is 18.1. The summed E-state index contributed by atoms with van der Waals surface area (Å²) in [6.07, 6.45) is 0.260. The van der Waals surface area contributed by atoms with Crippen molar-refractivity contribution in [1.29, 1.82) is 0 Å². The zero-order valence-electron chi connectivity index (χ0n) is 14.6. The molecular weight excluding hydrogens is 339 g/mol. The molecule has 1 N–H and O–H groups in total. The van der Waals surface area contributed by atoms with Crippen molar-refractivity contribution in [2.75, 3.05) is 5.32 Å². The number of halogens is 1. The Morgan fingerprint density at radius 3 is 2.52 bits per heavy atom. The van der Waals surface area contributed by atoms with E-state index in [9.17, 15) is 9.18 Å². The summed E-state index contributed by atoms with van der Waals surface area (Å²) < 4.78 is 14.8. The standard InChI is InChI=1S/C18H19FN4OS/c1-10-15(11(2)23(4)22-10)9-16(24)20-18-21-17(12(3)25-18)13-5-7-14(19)8-6-13/h5-8H,9H2,1-4H3,(H,20,21,24). The number of hydrogen-bond donors (Lipinski definition) is 1. The van der Waals surface area contributed by atoms with Crippen molar-refractivity contribution in [1.82, 2.24) is 14.8 Å². The number of anilines is 1. The van der Waals surface area contributed by atoms with Gasteiger partial charge in [0.2, 0.25) is 5.91 Å². The van der Waals surface area contributed by atoms with E-state index in [0.29, 0.717) is 5.13 Å². The largest absolute Gasteiger partial charge is 0.302 e. The summed E-state index contributed by atoms with van der Waals surface area (Å²) >= 11 is 1.41. The third kappa shape index (κ3) is 3.61. The molecule has 2 heterocycles. The van der Waals surface area contributed by atoms with Crippen molar-refractivity contribution in [2.24, 2.45) is 7.05 Å². The van der Waals surface area contributed by atoms with Crippen LogP contribution in [0.25, 0.3) is 11.3 Å². The zero-order valence-corrected chi connectivity index (χ0v) is 15.4. The van der Waals surface area contributed by atoms with Gasteiger partial charge in [-0.25, -0.2) is 9.37 Å². The van der Waals surface area contributed by atoms with E-state index in [4.69, 9.17) is 0 Å². The molecule has 0 saturated carbocycles. The maximum Gasteiger partial charge on any atom is 0.230 e. The third-order valence-electron chi connectivity index (χ3n) is 4.16. The molecule has 1 aromatic carbocycles. The minimum atomic E-state index is -0.285. The van der Waals surface area contributed by atoms with E-state index >= 15 is 0 Å². The van der Waals surface area contributed by atoms with Crippen LogP contribution in [-0.4, -0.2) is 20.7 Å². The second kappa shape index (κ2) is 6.76. The highest BCUT2D eigenvalue weighted by molar-refractivity contribution is 7.16. The molecule has 0 atom stereocenters. The van der Waals surface area contributed by atoms with Gasteiger partial charge < -0.3 is 5.32 Å². The Kier molecular flexibility index (Phi) is 4.67. The van der Waals surface area contributed by atoms with Gasteiger partial charge >= 0.3 is 0 Å². The van der Waals surface area contributed by atoms with Crippen molar-refractivity contribution >= 4 is 22.4 Å². The first kappa shape index (κ1) is 17.3. The molecule has 3 rings (SSSR count). The number of benzene rings is 1. The number of aromatic nitrogens is 3. The molecule has 0 spiro atoms. The summed E-state index contributed by atoms with van der Waals surface area (Å²) in [4.78, 5) is 17.8. The molecule has 130 valence electrons. The van der Waals surface area contributed by atoms with Crippen LogP contribution in [0.1, 0.15) is 21.8 Å². The molecule has 0 aliphatic rings. The van der Waals surface area contributed by atoms with Crippen molar-refractivity contribution in [3.05, 3.63) is 51.9 Å². The lowest BCUT2D eigenvalue weighted by Crippen LogP contribution is -2.15. The fraction of sp³-hybridized carbons (Fsp3) is 0.278. The fourth-order valence-electron chi connectivity index (χ4n) is 2.72. The van der Waals surface area contributed by atoms with Gasteiger partial charge in [0.1, 0.15) is 5.82 Å². The monoisotopic (exact) mass is 358 g/mol. The number of nitrogens with one attached hydrogen (secondary N) is 1. The minimum Gasteiger partial charge on any atom is -0.302 e. The Bertz CT molecular complexity index is 927. The van der Waals surface area contributed by atoms with Crippen LogP contribution in [-0.2, 0) is 18.3 Å². The van der Waals surface area contributed by atoms with Gasteiger partial charge in [0, 0.05) is 28.7 Å². The first-order valence-corrected chi connectivity index (χ1v) is 8.69. The van der Waals surface area contributed by atoms with E-state index in [2.05, 4.69) is 15.4 Å². The molecule has 0 aliphatic carbocycles. The molecule has 0 saturated heterocycles.